The van der Waals surface area contributed by atoms with Crippen molar-refractivity contribution in [2.75, 3.05) is 6.61 Å². The van der Waals surface area contributed by atoms with E-state index in [1.807, 2.05) is 5.38 Å². The zero-order valence-electron chi connectivity index (χ0n) is 7.74. The maximum absolute atomic E-state index is 11.2. The average molecular weight is 246 g/mol. The molecule has 0 atom stereocenters. The largest absolute Gasteiger partial charge is 0.463 e. The fraction of sp³-hybridized carbons (Fsp3) is 0.333. The Morgan fingerprint density at radius 1 is 1.71 bits per heavy atom. The van der Waals surface area contributed by atoms with Gasteiger partial charge in [0, 0.05) is 22.3 Å². The highest BCUT2D eigenvalue weighted by Crippen LogP contribution is 2.20. The molecule has 0 bridgehead atoms. The predicted octanol–water partition coefficient (Wildman–Crippen LogP) is 3.20. The number of hydrogen-bond donors (Lipinski definition) is 0. The molecule has 0 saturated carbocycles. The van der Waals surface area contributed by atoms with Crippen LogP contribution in [0.5, 0.6) is 0 Å². The molecular weight excluding hydrogens is 236 g/mol. The van der Waals surface area contributed by atoms with Crippen molar-refractivity contribution in [2.24, 2.45) is 0 Å². The Morgan fingerprint density at radius 2 is 2.43 bits per heavy atom. The van der Waals surface area contributed by atoms with Gasteiger partial charge in [-0.25, -0.2) is 4.79 Å². The van der Waals surface area contributed by atoms with Crippen molar-refractivity contribution in [2.45, 2.75) is 13.3 Å². The Kier molecular flexibility index (Phi) is 4.44. The van der Waals surface area contributed by atoms with Gasteiger partial charge >= 0.3 is 5.97 Å². The fourth-order valence-corrected chi connectivity index (χ4v) is 3.09. The molecule has 0 N–H and O–H groups in total. The van der Waals surface area contributed by atoms with Crippen LogP contribution < -0.4 is 0 Å². The fourth-order valence-electron chi connectivity index (χ4n) is 0.862. The lowest BCUT2D eigenvalue weighted by atomic mass is 10.2. The van der Waals surface area contributed by atoms with Crippen LogP contribution in [0.3, 0.4) is 0 Å². The van der Waals surface area contributed by atoms with Gasteiger partial charge in [-0.15, -0.1) is 22.7 Å². The van der Waals surface area contributed by atoms with Crippen LogP contribution in [0.15, 0.2) is 17.5 Å². The van der Waals surface area contributed by atoms with Crippen LogP contribution in [0.4, 0.5) is 0 Å². The summed E-state index contributed by atoms with van der Waals surface area (Å²) in [7, 11) is 0. The second-order valence-electron chi connectivity index (χ2n) is 2.55. The van der Waals surface area contributed by atoms with Crippen molar-refractivity contribution in [1.29, 1.82) is 0 Å². The van der Waals surface area contributed by atoms with Gasteiger partial charge in [0.05, 0.1) is 6.61 Å². The SMILES string of the molecule is C=C(Cc1csc(=S)s1)C(=O)OCC. The Bertz CT molecular complexity index is 389. The lowest BCUT2D eigenvalue weighted by Gasteiger charge is -2.02. The van der Waals surface area contributed by atoms with Crippen LogP contribution in [-0.4, -0.2) is 12.6 Å². The molecule has 0 spiro atoms. The summed E-state index contributed by atoms with van der Waals surface area (Å²) < 4.78 is 5.70. The van der Waals surface area contributed by atoms with E-state index in [9.17, 15) is 4.79 Å². The Balaban J connectivity index is 2.57. The second-order valence-corrected chi connectivity index (χ2v) is 5.75. The second kappa shape index (κ2) is 5.38. The smallest absolute Gasteiger partial charge is 0.333 e. The normalized spacial score (nSPS) is 9.79. The van der Waals surface area contributed by atoms with Gasteiger partial charge in [-0.1, -0.05) is 18.8 Å². The third kappa shape index (κ3) is 3.32. The van der Waals surface area contributed by atoms with Crippen LogP contribution in [0.1, 0.15) is 11.8 Å². The molecule has 0 aliphatic rings. The Morgan fingerprint density at radius 3 is 2.93 bits per heavy atom. The van der Waals surface area contributed by atoms with Gasteiger partial charge in [0.1, 0.15) is 3.14 Å². The van der Waals surface area contributed by atoms with Crippen LogP contribution >= 0.6 is 34.9 Å². The maximum atomic E-state index is 11.2. The van der Waals surface area contributed by atoms with E-state index >= 15 is 0 Å². The molecule has 76 valence electrons. The summed E-state index contributed by atoms with van der Waals surface area (Å²) >= 11 is 8.02. The van der Waals surface area contributed by atoms with Crippen LogP contribution in [0.25, 0.3) is 0 Å². The van der Waals surface area contributed by atoms with E-state index in [1.165, 1.54) is 22.7 Å². The molecule has 1 rings (SSSR count). The molecule has 1 heterocycles. The molecule has 5 heteroatoms. The van der Waals surface area contributed by atoms with Gasteiger partial charge < -0.3 is 4.74 Å². The standard InChI is InChI=1S/C9H10O2S3/c1-3-11-8(10)6(2)4-7-5-13-9(12)14-7/h5H,2-4H2,1H3. The van der Waals surface area contributed by atoms with Crippen LogP contribution in [-0.2, 0) is 16.0 Å². The number of esters is 1. The zero-order valence-corrected chi connectivity index (χ0v) is 10.2. The highest BCUT2D eigenvalue weighted by atomic mass is 32.2. The summed E-state index contributed by atoms with van der Waals surface area (Å²) in [6.07, 6.45) is 0.538. The minimum absolute atomic E-state index is 0.322. The van der Waals surface area contributed by atoms with E-state index in [0.29, 0.717) is 18.6 Å². The van der Waals surface area contributed by atoms with Crippen LogP contribution in [0, 0.1) is 3.14 Å². The van der Waals surface area contributed by atoms with Gasteiger partial charge in [0.25, 0.3) is 0 Å². The lowest BCUT2D eigenvalue weighted by molar-refractivity contribution is -0.138. The molecule has 1 aromatic rings. The van der Waals surface area contributed by atoms with Crippen molar-refractivity contribution < 1.29 is 9.53 Å². The zero-order chi connectivity index (χ0) is 10.6. The molecule has 0 aliphatic carbocycles. The van der Waals surface area contributed by atoms with Crippen molar-refractivity contribution in [3.63, 3.8) is 0 Å². The first-order valence-electron chi connectivity index (χ1n) is 4.06. The molecule has 0 amide bonds. The minimum atomic E-state index is -0.322. The minimum Gasteiger partial charge on any atom is -0.463 e. The Labute approximate surface area is 95.9 Å². The highest BCUT2D eigenvalue weighted by Gasteiger charge is 2.09. The lowest BCUT2D eigenvalue weighted by Crippen LogP contribution is -2.08. The van der Waals surface area contributed by atoms with E-state index in [2.05, 4.69) is 6.58 Å². The molecule has 0 aliphatic heterocycles. The first-order chi connectivity index (χ1) is 6.63. The molecule has 1 aromatic heterocycles. The highest BCUT2D eigenvalue weighted by molar-refractivity contribution is 7.76. The summed E-state index contributed by atoms with van der Waals surface area (Å²) in [5.41, 5.74) is 0.482. The van der Waals surface area contributed by atoms with Gasteiger partial charge in [-0.2, -0.15) is 0 Å². The molecule has 0 aromatic carbocycles. The van der Waals surface area contributed by atoms with Crippen molar-refractivity contribution in [1.82, 2.24) is 0 Å². The van der Waals surface area contributed by atoms with E-state index in [-0.39, 0.29) is 5.97 Å². The number of carbonyl (C=O) groups excluding carboxylic acids is 1. The topological polar surface area (TPSA) is 26.3 Å². The Hall–Kier alpha value is -0.520. The monoisotopic (exact) mass is 246 g/mol. The van der Waals surface area contributed by atoms with E-state index in [4.69, 9.17) is 17.0 Å². The summed E-state index contributed by atoms with van der Waals surface area (Å²) in [4.78, 5) is 12.3. The molecule has 0 radical (unpaired) electrons. The summed E-state index contributed by atoms with van der Waals surface area (Å²) in [5.74, 6) is -0.322. The molecular formula is C9H10O2S3. The number of ether oxygens (including phenoxy) is 1. The maximum Gasteiger partial charge on any atom is 0.333 e. The third-order valence-electron chi connectivity index (χ3n) is 1.45. The van der Waals surface area contributed by atoms with Gasteiger partial charge in [0.2, 0.25) is 0 Å². The molecule has 14 heavy (non-hydrogen) atoms. The summed E-state index contributed by atoms with van der Waals surface area (Å²) in [6, 6.07) is 0. The predicted molar refractivity (Wildman–Crippen MR) is 62.5 cm³/mol. The molecule has 2 nitrogen and oxygen atoms in total. The van der Waals surface area contributed by atoms with Crippen molar-refractivity contribution in [3.05, 3.63) is 25.5 Å². The summed E-state index contributed by atoms with van der Waals surface area (Å²) in [5, 5.41) is 1.96. The number of rotatable bonds is 4. The van der Waals surface area contributed by atoms with Gasteiger partial charge in [-0.3, -0.25) is 0 Å². The van der Waals surface area contributed by atoms with Gasteiger partial charge in [-0.05, 0) is 6.92 Å². The quantitative estimate of drug-likeness (QED) is 0.463. The third-order valence-corrected chi connectivity index (χ3v) is 3.97. The number of hydrogen-bond acceptors (Lipinski definition) is 5. The molecule has 0 fully saturated rings. The average Bonchev–Trinajstić information content (AvgIpc) is 2.51. The first kappa shape index (κ1) is 11.6. The van der Waals surface area contributed by atoms with Crippen molar-refractivity contribution in [3.8, 4) is 0 Å². The molecule has 0 unspecified atom stereocenters. The van der Waals surface area contributed by atoms with E-state index in [1.54, 1.807) is 6.92 Å². The van der Waals surface area contributed by atoms with Gasteiger partial charge in [0.15, 0.2) is 0 Å². The van der Waals surface area contributed by atoms with E-state index in [0.717, 1.165) is 8.01 Å². The van der Waals surface area contributed by atoms with Crippen molar-refractivity contribution >= 4 is 40.9 Å². The van der Waals surface area contributed by atoms with E-state index < -0.39 is 0 Å². The first-order valence-corrected chi connectivity index (χ1v) is 6.16. The number of carbonyl (C=O) groups is 1. The molecule has 0 saturated heterocycles. The van der Waals surface area contributed by atoms with Crippen LogP contribution in [0.2, 0.25) is 0 Å². The summed E-state index contributed by atoms with van der Waals surface area (Å²) in [6.45, 7) is 5.84.